The summed E-state index contributed by atoms with van der Waals surface area (Å²) >= 11 is 1.32. The van der Waals surface area contributed by atoms with Gasteiger partial charge in [0.2, 0.25) is 0 Å². The zero-order valence-corrected chi connectivity index (χ0v) is 13.3. The molecule has 1 aromatic rings. The second-order valence-corrected chi connectivity index (χ2v) is 7.12. The molecule has 0 aliphatic rings. The summed E-state index contributed by atoms with van der Waals surface area (Å²) in [7, 11) is 0. The van der Waals surface area contributed by atoms with Crippen molar-refractivity contribution in [2.45, 2.75) is 52.9 Å². The monoisotopic (exact) mass is 284 g/mol. The molecule has 1 aromatic heterocycles. The normalized spacial score (nSPS) is 13.3. The van der Waals surface area contributed by atoms with Gasteiger partial charge in [-0.25, -0.2) is 4.79 Å². The Hall–Kier alpha value is -1.03. The predicted molar refractivity (Wildman–Crippen MR) is 79.5 cm³/mol. The molecule has 0 aromatic carbocycles. The lowest BCUT2D eigenvalue weighted by Crippen LogP contribution is -2.10. The molecule has 1 unspecified atom stereocenters. The Morgan fingerprint density at radius 2 is 2.11 bits per heavy atom. The fourth-order valence-corrected chi connectivity index (χ4v) is 2.81. The van der Waals surface area contributed by atoms with Crippen LogP contribution in [0.1, 0.15) is 62.0 Å². The maximum absolute atomic E-state index is 11.3. The van der Waals surface area contributed by atoms with E-state index in [1.807, 2.05) is 6.07 Å². The molecule has 0 aliphatic heterocycles. The first-order valence-electron chi connectivity index (χ1n) is 6.76. The third-order valence-corrected chi connectivity index (χ3v) is 4.47. The molecule has 0 radical (unpaired) electrons. The van der Waals surface area contributed by atoms with E-state index in [1.54, 1.807) is 0 Å². The Kier molecular flexibility index (Phi) is 5.41. The quantitative estimate of drug-likeness (QED) is 0.833. The van der Waals surface area contributed by atoms with Crippen molar-refractivity contribution >= 4 is 17.3 Å². The van der Waals surface area contributed by atoms with Gasteiger partial charge in [0, 0.05) is 4.88 Å². The van der Waals surface area contributed by atoms with Gasteiger partial charge in [-0.05, 0) is 23.8 Å². The maximum Gasteiger partial charge on any atom is 0.349 e. The molecule has 4 heteroatoms. The van der Waals surface area contributed by atoms with E-state index in [4.69, 9.17) is 4.74 Å². The number of ether oxygens (including phenoxy) is 1. The summed E-state index contributed by atoms with van der Waals surface area (Å²) in [6.07, 6.45) is 2.21. The van der Waals surface area contributed by atoms with E-state index in [2.05, 4.69) is 34.6 Å². The summed E-state index contributed by atoms with van der Waals surface area (Å²) in [6, 6.07) is 1.88. The van der Waals surface area contributed by atoms with Crippen molar-refractivity contribution in [3.8, 4) is 5.75 Å². The highest BCUT2D eigenvalue weighted by molar-refractivity contribution is 7.14. The summed E-state index contributed by atoms with van der Waals surface area (Å²) in [4.78, 5) is 12.6. The molecular weight excluding hydrogens is 260 g/mol. The SMILES string of the molecule is CCCC(C)COc1cc(C(C)(C)C)sc1C(=O)O. The Balaban J connectivity index is 2.87. The molecule has 0 amide bonds. The number of carboxylic acids is 1. The minimum atomic E-state index is -0.904. The minimum Gasteiger partial charge on any atom is -0.492 e. The molecule has 0 saturated heterocycles. The third-order valence-electron chi connectivity index (χ3n) is 2.94. The summed E-state index contributed by atoms with van der Waals surface area (Å²) in [5.41, 5.74) is -0.0501. The van der Waals surface area contributed by atoms with Crippen molar-refractivity contribution < 1.29 is 14.6 Å². The summed E-state index contributed by atoms with van der Waals surface area (Å²) in [5.74, 6) is 0.0636. The molecule has 19 heavy (non-hydrogen) atoms. The second kappa shape index (κ2) is 6.42. The van der Waals surface area contributed by atoms with Gasteiger partial charge in [-0.2, -0.15) is 0 Å². The zero-order valence-electron chi connectivity index (χ0n) is 12.4. The first kappa shape index (κ1) is 16.0. The van der Waals surface area contributed by atoms with Crippen LogP contribution in [0.3, 0.4) is 0 Å². The van der Waals surface area contributed by atoms with Crippen LogP contribution in [-0.2, 0) is 5.41 Å². The molecule has 0 bridgehead atoms. The number of aromatic carboxylic acids is 1. The molecule has 1 atom stereocenters. The molecule has 0 aliphatic carbocycles. The van der Waals surface area contributed by atoms with Crippen LogP contribution in [0.5, 0.6) is 5.75 Å². The van der Waals surface area contributed by atoms with Crippen molar-refractivity contribution in [3.63, 3.8) is 0 Å². The van der Waals surface area contributed by atoms with Gasteiger partial charge in [0.25, 0.3) is 0 Å². The first-order valence-corrected chi connectivity index (χ1v) is 7.57. The van der Waals surface area contributed by atoms with E-state index < -0.39 is 5.97 Å². The van der Waals surface area contributed by atoms with Crippen LogP contribution in [-0.4, -0.2) is 17.7 Å². The number of hydrogen-bond acceptors (Lipinski definition) is 3. The number of carboxylic acid groups (broad SMARTS) is 1. The van der Waals surface area contributed by atoms with E-state index in [0.29, 0.717) is 23.2 Å². The van der Waals surface area contributed by atoms with Crippen molar-refractivity contribution in [2.24, 2.45) is 5.92 Å². The van der Waals surface area contributed by atoms with E-state index in [9.17, 15) is 9.90 Å². The third kappa shape index (κ3) is 4.53. The van der Waals surface area contributed by atoms with Crippen molar-refractivity contribution in [2.75, 3.05) is 6.61 Å². The smallest absolute Gasteiger partial charge is 0.349 e. The van der Waals surface area contributed by atoms with E-state index in [-0.39, 0.29) is 5.41 Å². The molecule has 1 heterocycles. The van der Waals surface area contributed by atoms with Crippen LogP contribution in [0, 0.1) is 5.92 Å². The van der Waals surface area contributed by atoms with Gasteiger partial charge in [0.15, 0.2) is 4.88 Å². The molecule has 108 valence electrons. The van der Waals surface area contributed by atoms with Gasteiger partial charge in [0.05, 0.1) is 6.61 Å². The van der Waals surface area contributed by atoms with Crippen LogP contribution in [0.15, 0.2) is 6.07 Å². The van der Waals surface area contributed by atoms with Gasteiger partial charge >= 0.3 is 5.97 Å². The highest BCUT2D eigenvalue weighted by Crippen LogP contribution is 2.37. The maximum atomic E-state index is 11.3. The van der Waals surface area contributed by atoms with Crippen LogP contribution < -0.4 is 4.74 Å². The molecule has 1 N–H and O–H groups in total. The molecular formula is C15H24O3S. The lowest BCUT2D eigenvalue weighted by atomic mass is 9.95. The summed E-state index contributed by atoms with van der Waals surface area (Å²) in [5, 5.41) is 9.24. The fourth-order valence-electron chi connectivity index (χ4n) is 1.81. The van der Waals surface area contributed by atoms with Crippen molar-refractivity contribution in [1.82, 2.24) is 0 Å². The van der Waals surface area contributed by atoms with E-state index in [0.717, 1.165) is 17.7 Å². The molecule has 0 fully saturated rings. The first-order chi connectivity index (χ1) is 8.75. The van der Waals surface area contributed by atoms with Gasteiger partial charge in [0.1, 0.15) is 5.75 Å². The van der Waals surface area contributed by atoms with E-state index in [1.165, 1.54) is 11.3 Å². The van der Waals surface area contributed by atoms with E-state index >= 15 is 0 Å². The average Bonchev–Trinajstić information content (AvgIpc) is 2.70. The highest BCUT2D eigenvalue weighted by Gasteiger charge is 2.23. The highest BCUT2D eigenvalue weighted by atomic mass is 32.1. The van der Waals surface area contributed by atoms with Gasteiger partial charge in [-0.3, -0.25) is 0 Å². The Labute approximate surface area is 119 Å². The number of hydrogen-bond donors (Lipinski definition) is 1. The topological polar surface area (TPSA) is 46.5 Å². The summed E-state index contributed by atoms with van der Waals surface area (Å²) in [6.45, 7) is 11.1. The van der Waals surface area contributed by atoms with Crippen LogP contribution >= 0.6 is 11.3 Å². The lowest BCUT2D eigenvalue weighted by molar-refractivity contribution is 0.0697. The largest absolute Gasteiger partial charge is 0.492 e. The lowest BCUT2D eigenvalue weighted by Gasteiger charge is -2.15. The van der Waals surface area contributed by atoms with Crippen LogP contribution in [0.4, 0.5) is 0 Å². The Morgan fingerprint density at radius 1 is 1.47 bits per heavy atom. The van der Waals surface area contributed by atoms with Gasteiger partial charge in [-0.1, -0.05) is 41.0 Å². The number of rotatable bonds is 6. The molecule has 0 saturated carbocycles. The van der Waals surface area contributed by atoms with Crippen LogP contribution in [0.2, 0.25) is 0 Å². The molecule has 1 rings (SSSR count). The standard InChI is InChI=1S/C15H24O3S/c1-6-7-10(2)9-18-11-8-12(15(3,4)5)19-13(11)14(16)17/h8,10H,6-7,9H2,1-5H3,(H,16,17). The zero-order chi connectivity index (χ0) is 14.6. The number of carbonyl (C=O) groups is 1. The Bertz CT molecular complexity index is 429. The predicted octanol–water partition coefficient (Wildman–Crippen LogP) is 4.56. The molecule has 3 nitrogen and oxygen atoms in total. The van der Waals surface area contributed by atoms with Gasteiger partial charge < -0.3 is 9.84 Å². The minimum absolute atomic E-state index is 0.0501. The second-order valence-electron chi connectivity index (χ2n) is 6.06. The number of thiophene rings is 1. The van der Waals surface area contributed by atoms with Crippen molar-refractivity contribution in [1.29, 1.82) is 0 Å². The van der Waals surface area contributed by atoms with Crippen molar-refractivity contribution in [3.05, 3.63) is 15.8 Å². The molecule has 0 spiro atoms. The van der Waals surface area contributed by atoms with Gasteiger partial charge in [-0.15, -0.1) is 11.3 Å². The fraction of sp³-hybridized carbons (Fsp3) is 0.667. The Morgan fingerprint density at radius 3 is 2.58 bits per heavy atom. The van der Waals surface area contributed by atoms with Crippen LogP contribution in [0.25, 0.3) is 0 Å². The average molecular weight is 284 g/mol. The summed E-state index contributed by atoms with van der Waals surface area (Å²) < 4.78 is 5.72.